The number of hydrogen-bond donors (Lipinski definition) is 2. The number of hydrogen-bond acceptors (Lipinski definition) is 3. The van der Waals surface area contributed by atoms with E-state index in [-0.39, 0.29) is 12.1 Å². The number of halogens is 6. The number of alkyl halides is 6. The molecule has 0 spiro atoms. The molecule has 0 saturated carbocycles. The maximum Gasteiger partial charge on any atom is 0.417 e. The van der Waals surface area contributed by atoms with E-state index in [4.69, 9.17) is 15.5 Å². The highest BCUT2D eigenvalue weighted by molar-refractivity contribution is 5.75. The third-order valence-corrected chi connectivity index (χ3v) is 2.45. The van der Waals surface area contributed by atoms with Crippen LogP contribution in [0.1, 0.15) is 28.4 Å². The molecule has 114 valence electrons. The highest BCUT2D eigenvalue weighted by atomic mass is 19.4. The standard InChI is InChI=1S/C11H5F6NO3/c12-10(13,14)6-2-5(8(19)9(20)21)7(11(15,16)17)1-4(6)3-18/h1-2,8,19H,(H,20,21). The molecule has 1 rings (SSSR count). The molecule has 1 aromatic carbocycles. The Hall–Kier alpha value is -2.28. The minimum atomic E-state index is -5.23. The molecule has 1 aromatic rings. The summed E-state index contributed by atoms with van der Waals surface area (Å²) in [5.41, 5.74) is -6.38. The molecule has 0 aliphatic carbocycles. The smallest absolute Gasteiger partial charge is 0.417 e. The summed E-state index contributed by atoms with van der Waals surface area (Å²) in [4.78, 5) is 10.5. The Labute approximate surface area is 112 Å². The van der Waals surface area contributed by atoms with Crippen molar-refractivity contribution in [3.05, 3.63) is 34.4 Å². The number of aliphatic carboxylic acids is 1. The van der Waals surface area contributed by atoms with Gasteiger partial charge in [0.2, 0.25) is 0 Å². The predicted octanol–water partition coefficient (Wildman–Crippen LogP) is 2.71. The van der Waals surface area contributed by atoms with Gasteiger partial charge in [0.05, 0.1) is 22.8 Å². The average Bonchev–Trinajstić information content (AvgIpc) is 2.33. The first-order chi connectivity index (χ1) is 9.39. The minimum Gasteiger partial charge on any atom is -0.479 e. The molecule has 0 saturated heterocycles. The van der Waals surface area contributed by atoms with E-state index >= 15 is 0 Å². The molecule has 0 radical (unpaired) electrons. The van der Waals surface area contributed by atoms with Crippen molar-refractivity contribution in [3.63, 3.8) is 0 Å². The lowest BCUT2D eigenvalue weighted by Gasteiger charge is -2.18. The molecule has 0 heterocycles. The third kappa shape index (κ3) is 3.43. The SMILES string of the molecule is N#Cc1cc(C(F)(F)F)c(C(O)C(=O)O)cc1C(F)(F)F. The second-order valence-corrected chi connectivity index (χ2v) is 3.83. The van der Waals surface area contributed by atoms with Crippen molar-refractivity contribution in [1.82, 2.24) is 0 Å². The zero-order valence-corrected chi connectivity index (χ0v) is 9.75. The van der Waals surface area contributed by atoms with Crippen molar-refractivity contribution in [2.45, 2.75) is 18.5 Å². The van der Waals surface area contributed by atoms with Gasteiger partial charge in [0, 0.05) is 5.56 Å². The predicted molar refractivity (Wildman–Crippen MR) is 53.8 cm³/mol. The normalized spacial score (nSPS) is 13.6. The van der Waals surface area contributed by atoms with Crippen LogP contribution in [0.4, 0.5) is 26.3 Å². The monoisotopic (exact) mass is 313 g/mol. The molecular weight excluding hydrogens is 308 g/mol. The van der Waals surface area contributed by atoms with E-state index in [2.05, 4.69) is 0 Å². The zero-order chi connectivity index (χ0) is 16.6. The van der Waals surface area contributed by atoms with Crippen molar-refractivity contribution in [3.8, 4) is 6.07 Å². The molecular formula is C11H5F6NO3. The molecule has 4 nitrogen and oxygen atoms in total. The van der Waals surface area contributed by atoms with Gasteiger partial charge in [-0.05, 0) is 12.1 Å². The van der Waals surface area contributed by atoms with Crippen LogP contribution in [0.2, 0.25) is 0 Å². The number of rotatable bonds is 2. The van der Waals surface area contributed by atoms with Crippen molar-refractivity contribution >= 4 is 5.97 Å². The fourth-order valence-corrected chi connectivity index (χ4v) is 1.55. The van der Waals surface area contributed by atoms with Crippen LogP contribution in [-0.2, 0) is 17.1 Å². The summed E-state index contributed by atoms with van der Waals surface area (Å²) in [5, 5.41) is 26.1. The maximum atomic E-state index is 12.7. The van der Waals surface area contributed by atoms with E-state index in [0.717, 1.165) is 6.07 Å². The van der Waals surface area contributed by atoms with E-state index in [1.165, 1.54) is 0 Å². The van der Waals surface area contributed by atoms with E-state index in [9.17, 15) is 31.1 Å². The van der Waals surface area contributed by atoms with Crippen LogP contribution >= 0.6 is 0 Å². The Morgan fingerprint density at radius 1 is 1.10 bits per heavy atom. The van der Waals surface area contributed by atoms with Crippen molar-refractivity contribution in [2.75, 3.05) is 0 Å². The molecule has 0 bridgehead atoms. The molecule has 1 unspecified atom stereocenters. The van der Waals surface area contributed by atoms with Crippen LogP contribution in [0.25, 0.3) is 0 Å². The lowest BCUT2D eigenvalue weighted by atomic mass is 9.94. The number of carbonyl (C=O) groups is 1. The summed E-state index contributed by atoms with van der Waals surface area (Å²) in [6, 6.07) is 0.646. The number of benzene rings is 1. The van der Waals surface area contributed by atoms with Gasteiger partial charge >= 0.3 is 18.3 Å². The quantitative estimate of drug-likeness (QED) is 0.823. The van der Waals surface area contributed by atoms with Gasteiger partial charge in [-0.15, -0.1) is 0 Å². The Balaban J connectivity index is 3.75. The molecule has 0 aliphatic rings. The Morgan fingerprint density at radius 2 is 1.57 bits per heavy atom. The molecule has 0 aliphatic heterocycles. The highest BCUT2D eigenvalue weighted by Crippen LogP contribution is 2.40. The van der Waals surface area contributed by atoms with Crippen LogP contribution in [0.3, 0.4) is 0 Å². The molecule has 2 N–H and O–H groups in total. The number of nitriles is 1. The first-order valence-corrected chi connectivity index (χ1v) is 5.03. The minimum absolute atomic E-state index is 0.135. The van der Waals surface area contributed by atoms with Crippen LogP contribution in [0, 0.1) is 11.3 Å². The van der Waals surface area contributed by atoms with Crippen molar-refractivity contribution in [1.29, 1.82) is 5.26 Å². The number of nitrogens with zero attached hydrogens (tertiary/aromatic N) is 1. The van der Waals surface area contributed by atoms with Gasteiger partial charge in [-0.1, -0.05) is 0 Å². The van der Waals surface area contributed by atoms with Gasteiger partial charge in [-0.25, -0.2) is 4.79 Å². The van der Waals surface area contributed by atoms with Gasteiger partial charge < -0.3 is 10.2 Å². The van der Waals surface area contributed by atoms with E-state index in [0.29, 0.717) is 0 Å². The fraction of sp³-hybridized carbons (Fsp3) is 0.273. The van der Waals surface area contributed by atoms with Crippen molar-refractivity contribution < 1.29 is 41.4 Å². The molecule has 10 heteroatoms. The summed E-state index contributed by atoms with van der Waals surface area (Å²) < 4.78 is 76.1. The van der Waals surface area contributed by atoms with E-state index in [1.807, 2.05) is 0 Å². The molecule has 0 fully saturated rings. The topological polar surface area (TPSA) is 81.3 Å². The summed E-state index contributed by atoms with van der Waals surface area (Å²) in [6.45, 7) is 0. The van der Waals surface area contributed by atoms with Crippen LogP contribution in [-0.4, -0.2) is 16.2 Å². The summed E-state index contributed by atoms with van der Waals surface area (Å²) in [6.07, 6.45) is -13.2. The largest absolute Gasteiger partial charge is 0.479 e. The van der Waals surface area contributed by atoms with Gasteiger partial charge in [0.25, 0.3) is 0 Å². The Morgan fingerprint density at radius 3 is 1.90 bits per heavy atom. The van der Waals surface area contributed by atoms with Gasteiger partial charge in [-0.3, -0.25) is 0 Å². The first-order valence-electron chi connectivity index (χ1n) is 5.03. The van der Waals surface area contributed by atoms with E-state index in [1.54, 1.807) is 0 Å². The Bertz CT molecular complexity index is 614. The van der Waals surface area contributed by atoms with Crippen LogP contribution in [0.15, 0.2) is 12.1 Å². The number of aliphatic hydroxyl groups is 1. The fourth-order valence-electron chi connectivity index (χ4n) is 1.55. The maximum absolute atomic E-state index is 12.7. The second kappa shape index (κ2) is 5.25. The molecule has 0 aromatic heterocycles. The number of carboxylic acids is 1. The lowest BCUT2D eigenvalue weighted by Crippen LogP contribution is -2.20. The number of carboxylic acid groups (broad SMARTS) is 1. The summed E-state index contributed by atoms with van der Waals surface area (Å²) in [7, 11) is 0. The van der Waals surface area contributed by atoms with Crippen LogP contribution < -0.4 is 0 Å². The summed E-state index contributed by atoms with van der Waals surface area (Å²) in [5.74, 6) is -2.15. The molecule has 1 atom stereocenters. The highest BCUT2D eigenvalue weighted by Gasteiger charge is 2.41. The molecule has 0 amide bonds. The first kappa shape index (κ1) is 16.8. The van der Waals surface area contributed by atoms with Gasteiger partial charge in [-0.2, -0.15) is 31.6 Å². The lowest BCUT2D eigenvalue weighted by molar-refractivity contribution is -0.150. The van der Waals surface area contributed by atoms with E-state index < -0.39 is 46.7 Å². The summed E-state index contributed by atoms with van der Waals surface area (Å²) >= 11 is 0. The zero-order valence-electron chi connectivity index (χ0n) is 9.75. The van der Waals surface area contributed by atoms with Crippen molar-refractivity contribution in [2.24, 2.45) is 0 Å². The number of aliphatic hydroxyl groups excluding tert-OH is 1. The van der Waals surface area contributed by atoms with Gasteiger partial charge in [0.15, 0.2) is 6.10 Å². The second-order valence-electron chi connectivity index (χ2n) is 3.83. The van der Waals surface area contributed by atoms with Gasteiger partial charge in [0.1, 0.15) is 0 Å². The van der Waals surface area contributed by atoms with Crippen LogP contribution in [0.5, 0.6) is 0 Å². The Kier molecular flexibility index (Phi) is 4.19. The third-order valence-electron chi connectivity index (χ3n) is 2.45. The average molecular weight is 313 g/mol. The molecule has 21 heavy (non-hydrogen) atoms.